The normalized spacial score (nSPS) is 18.6. The molecular weight excluding hydrogens is 230 g/mol. The summed E-state index contributed by atoms with van der Waals surface area (Å²) >= 11 is 5.76. The number of amides is 1. The van der Waals surface area contributed by atoms with Crippen LogP contribution in [-0.4, -0.2) is 28.6 Å². The van der Waals surface area contributed by atoms with Crippen molar-refractivity contribution in [1.82, 2.24) is 4.98 Å². The van der Waals surface area contributed by atoms with Gasteiger partial charge in [-0.3, -0.25) is 4.79 Å². The molecule has 1 atom stereocenters. The second-order valence-corrected chi connectivity index (χ2v) is 3.97. The molecule has 5 nitrogen and oxygen atoms in total. The number of rotatable bonds is 3. The number of aromatic nitrogens is 1. The van der Waals surface area contributed by atoms with Crippen molar-refractivity contribution in [3.63, 3.8) is 0 Å². The SMILES string of the molecule is O=C1Nc2ccc(Cl)nc2N[C@H]1CCCO. The second-order valence-electron chi connectivity index (χ2n) is 3.58. The molecule has 0 saturated carbocycles. The van der Waals surface area contributed by atoms with Gasteiger partial charge < -0.3 is 15.7 Å². The van der Waals surface area contributed by atoms with Crippen LogP contribution < -0.4 is 10.6 Å². The number of fused-ring (bicyclic) bond motifs is 1. The van der Waals surface area contributed by atoms with E-state index >= 15 is 0 Å². The summed E-state index contributed by atoms with van der Waals surface area (Å²) in [6.07, 6.45) is 1.14. The van der Waals surface area contributed by atoms with Gasteiger partial charge in [0, 0.05) is 6.61 Å². The highest BCUT2D eigenvalue weighted by Crippen LogP contribution is 2.27. The van der Waals surface area contributed by atoms with E-state index in [9.17, 15) is 4.79 Å². The summed E-state index contributed by atoms with van der Waals surface area (Å²) in [5.41, 5.74) is 0.634. The Bertz CT molecular complexity index is 411. The largest absolute Gasteiger partial charge is 0.396 e. The van der Waals surface area contributed by atoms with Gasteiger partial charge in [-0.25, -0.2) is 4.98 Å². The van der Waals surface area contributed by atoms with Crippen molar-refractivity contribution < 1.29 is 9.90 Å². The van der Waals surface area contributed by atoms with E-state index in [1.54, 1.807) is 12.1 Å². The minimum absolute atomic E-state index is 0.0707. The average Bonchev–Trinajstić information content (AvgIpc) is 2.27. The molecule has 0 aliphatic carbocycles. The maximum atomic E-state index is 11.6. The summed E-state index contributed by atoms with van der Waals surface area (Å²) in [6.45, 7) is 0.0707. The fraction of sp³-hybridized carbons (Fsp3) is 0.400. The number of carbonyl (C=O) groups is 1. The van der Waals surface area contributed by atoms with Crippen molar-refractivity contribution >= 4 is 29.0 Å². The molecule has 1 aliphatic rings. The fourth-order valence-electron chi connectivity index (χ4n) is 1.60. The zero-order valence-corrected chi connectivity index (χ0v) is 9.29. The summed E-state index contributed by atoms with van der Waals surface area (Å²) in [6, 6.07) is 2.97. The van der Waals surface area contributed by atoms with Crippen LogP contribution in [-0.2, 0) is 4.79 Å². The zero-order valence-electron chi connectivity index (χ0n) is 8.53. The van der Waals surface area contributed by atoms with E-state index in [1.165, 1.54) is 0 Å². The lowest BCUT2D eigenvalue weighted by Crippen LogP contribution is -2.39. The van der Waals surface area contributed by atoms with E-state index in [0.29, 0.717) is 29.5 Å². The highest BCUT2D eigenvalue weighted by atomic mass is 35.5. The molecule has 3 N–H and O–H groups in total. The zero-order chi connectivity index (χ0) is 11.5. The fourth-order valence-corrected chi connectivity index (χ4v) is 1.74. The average molecular weight is 242 g/mol. The first-order valence-corrected chi connectivity index (χ1v) is 5.43. The van der Waals surface area contributed by atoms with Gasteiger partial charge in [0.2, 0.25) is 5.91 Å². The summed E-state index contributed by atoms with van der Waals surface area (Å²) < 4.78 is 0. The van der Waals surface area contributed by atoms with Gasteiger partial charge in [0.25, 0.3) is 0 Å². The predicted molar refractivity (Wildman–Crippen MR) is 61.6 cm³/mol. The number of nitrogens with zero attached hydrogens (tertiary/aromatic N) is 1. The van der Waals surface area contributed by atoms with E-state index in [-0.39, 0.29) is 18.6 Å². The highest BCUT2D eigenvalue weighted by Gasteiger charge is 2.25. The van der Waals surface area contributed by atoms with Crippen LogP contribution in [0.2, 0.25) is 5.15 Å². The Hall–Kier alpha value is -1.33. The Balaban J connectivity index is 2.16. The first-order chi connectivity index (χ1) is 7.70. The molecule has 2 rings (SSSR count). The van der Waals surface area contributed by atoms with Gasteiger partial charge in [0.1, 0.15) is 11.2 Å². The van der Waals surface area contributed by atoms with E-state index in [4.69, 9.17) is 16.7 Å². The van der Waals surface area contributed by atoms with Crippen LogP contribution in [0.3, 0.4) is 0 Å². The van der Waals surface area contributed by atoms with Crippen molar-refractivity contribution in [2.45, 2.75) is 18.9 Å². The summed E-state index contributed by atoms with van der Waals surface area (Å²) in [4.78, 5) is 15.7. The summed E-state index contributed by atoms with van der Waals surface area (Å²) in [7, 11) is 0. The first-order valence-electron chi connectivity index (χ1n) is 5.05. The lowest BCUT2D eigenvalue weighted by molar-refractivity contribution is -0.117. The Morgan fingerprint density at radius 1 is 1.50 bits per heavy atom. The first kappa shape index (κ1) is 11.2. The van der Waals surface area contributed by atoms with Crippen molar-refractivity contribution in [2.24, 2.45) is 0 Å². The quantitative estimate of drug-likeness (QED) is 0.696. The smallest absolute Gasteiger partial charge is 0.247 e. The Kier molecular flexibility index (Phi) is 3.26. The number of nitrogens with one attached hydrogen (secondary N) is 2. The van der Waals surface area contributed by atoms with Crippen LogP contribution in [0, 0.1) is 0 Å². The van der Waals surface area contributed by atoms with Gasteiger partial charge in [0.05, 0.1) is 5.69 Å². The van der Waals surface area contributed by atoms with Crippen molar-refractivity contribution in [1.29, 1.82) is 0 Å². The van der Waals surface area contributed by atoms with E-state index in [2.05, 4.69) is 15.6 Å². The molecule has 0 saturated heterocycles. The van der Waals surface area contributed by atoms with Crippen LogP contribution in [0.1, 0.15) is 12.8 Å². The predicted octanol–water partition coefficient (Wildman–Crippen LogP) is 1.24. The van der Waals surface area contributed by atoms with Crippen molar-refractivity contribution in [3.8, 4) is 0 Å². The standard InChI is InChI=1S/C10H12ClN3O2/c11-8-4-3-6-9(14-8)12-7(2-1-5-15)10(16)13-6/h3-4,7,15H,1-2,5H2,(H,12,14)(H,13,16)/t7-/m0/s1. The summed E-state index contributed by atoms with van der Waals surface area (Å²) in [5, 5.41) is 14.8. The third-order valence-corrected chi connectivity index (χ3v) is 2.61. The lowest BCUT2D eigenvalue weighted by atomic mass is 10.1. The van der Waals surface area contributed by atoms with Gasteiger partial charge in [0.15, 0.2) is 5.82 Å². The van der Waals surface area contributed by atoms with E-state index in [0.717, 1.165) is 0 Å². The molecule has 0 aromatic carbocycles. The third kappa shape index (κ3) is 2.25. The molecule has 0 unspecified atom stereocenters. The van der Waals surface area contributed by atoms with Crippen molar-refractivity contribution in [3.05, 3.63) is 17.3 Å². The Morgan fingerprint density at radius 2 is 2.31 bits per heavy atom. The molecule has 16 heavy (non-hydrogen) atoms. The van der Waals surface area contributed by atoms with Gasteiger partial charge in [-0.05, 0) is 25.0 Å². The van der Waals surface area contributed by atoms with Gasteiger partial charge >= 0.3 is 0 Å². The molecular formula is C10H12ClN3O2. The number of pyridine rings is 1. The molecule has 0 spiro atoms. The van der Waals surface area contributed by atoms with E-state index < -0.39 is 0 Å². The highest BCUT2D eigenvalue weighted by molar-refractivity contribution is 6.29. The van der Waals surface area contributed by atoms with Gasteiger partial charge in [-0.15, -0.1) is 0 Å². The van der Waals surface area contributed by atoms with Crippen LogP contribution in [0.25, 0.3) is 0 Å². The molecule has 1 aliphatic heterocycles. The Labute approximate surface area is 97.8 Å². The molecule has 0 fully saturated rings. The molecule has 1 aromatic rings. The second kappa shape index (κ2) is 4.67. The molecule has 6 heteroatoms. The number of carbonyl (C=O) groups excluding carboxylic acids is 1. The van der Waals surface area contributed by atoms with Gasteiger partial charge in [-0.2, -0.15) is 0 Å². The topological polar surface area (TPSA) is 74.2 Å². The van der Waals surface area contributed by atoms with Crippen LogP contribution in [0.5, 0.6) is 0 Å². The van der Waals surface area contributed by atoms with Crippen LogP contribution in [0.4, 0.5) is 11.5 Å². The molecule has 1 amide bonds. The number of hydrogen-bond donors (Lipinski definition) is 3. The third-order valence-electron chi connectivity index (χ3n) is 2.40. The lowest BCUT2D eigenvalue weighted by Gasteiger charge is -2.25. The molecule has 0 bridgehead atoms. The molecule has 86 valence electrons. The van der Waals surface area contributed by atoms with Crippen LogP contribution >= 0.6 is 11.6 Å². The van der Waals surface area contributed by atoms with Crippen LogP contribution in [0.15, 0.2) is 12.1 Å². The maximum absolute atomic E-state index is 11.6. The number of aliphatic hydroxyl groups excluding tert-OH is 1. The van der Waals surface area contributed by atoms with Gasteiger partial charge in [-0.1, -0.05) is 11.6 Å². The van der Waals surface area contributed by atoms with E-state index in [1.807, 2.05) is 0 Å². The summed E-state index contributed by atoms with van der Waals surface area (Å²) in [5.74, 6) is 0.472. The number of anilines is 2. The number of halogens is 1. The maximum Gasteiger partial charge on any atom is 0.247 e. The Morgan fingerprint density at radius 3 is 3.06 bits per heavy atom. The molecule has 2 heterocycles. The number of hydrogen-bond acceptors (Lipinski definition) is 4. The minimum Gasteiger partial charge on any atom is -0.396 e. The van der Waals surface area contributed by atoms with Crippen molar-refractivity contribution in [2.75, 3.05) is 17.2 Å². The molecule has 0 radical (unpaired) electrons. The number of aliphatic hydroxyl groups is 1. The molecule has 1 aromatic heterocycles. The monoisotopic (exact) mass is 241 g/mol. The minimum atomic E-state index is -0.356.